The molecule has 0 aromatic heterocycles. The molecule has 0 spiro atoms. The Morgan fingerprint density at radius 2 is 0.586 bits per heavy atom. The first-order chi connectivity index (χ1) is 12.4. The molecule has 2 aliphatic rings. The van der Waals surface area contributed by atoms with E-state index in [-0.39, 0.29) is 49.4 Å². The van der Waals surface area contributed by atoms with Gasteiger partial charge in [-0.2, -0.15) is 0 Å². The minimum absolute atomic E-state index is 0. The third kappa shape index (κ3) is 41.1. The van der Waals surface area contributed by atoms with Crippen LogP contribution in [0, 0.1) is 49.4 Å². The Balaban J connectivity index is -0.000000316. The summed E-state index contributed by atoms with van der Waals surface area (Å²) < 4.78 is 19.5. The van der Waals surface area contributed by atoms with Crippen LogP contribution in [0.15, 0.2) is 0 Å². The van der Waals surface area contributed by atoms with Gasteiger partial charge in [-0.3, -0.25) is 0 Å². The predicted octanol–water partition coefficient (Wildman–Crippen LogP) is 7.65. The maximum absolute atomic E-state index is 4.94. The minimum Gasteiger partial charge on any atom is -0.668 e. The minimum atomic E-state index is -1.11. The Labute approximate surface area is 229 Å². The van der Waals surface area contributed by atoms with Gasteiger partial charge in [0.05, 0.1) is 0 Å². The Hall–Kier alpha value is 2.29. The molecule has 2 aliphatic heterocycles. The van der Waals surface area contributed by atoms with Crippen LogP contribution in [0.4, 0.5) is 0 Å². The van der Waals surface area contributed by atoms with Crippen molar-refractivity contribution in [1.29, 1.82) is 0 Å². The van der Waals surface area contributed by atoms with Crippen LogP contribution in [-0.2, 0) is 9.47 Å². The van der Waals surface area contributed by atoms with Gasteiger partial charge in [-0.05, 0) is 25.7 Å². The fourth-order valence-electron chi connectivity index (χ4n) is 3.03. The largest absolute Gasteiger partial charge is 2.00 e. The third-order valence-electron chi connectivity index (χ3n) is 3.00. The molecule has 0 atom stereocenters. The quantitative estimate of drug-likeness (QED) is 0.305. The maximum atomic E-state index is 4.94. The smallest absolute Gasteiger partial charge is 0.668 e. The van der Waals surface area contributed by atoms with E-state index in [1.54, 1.807) is 0 Å². The van der Waals surface area contributed by atoms with Crippen molar-refractivity contribution in [1.82, 2.24) is 0 Å². The van der Waals surface area contributed by atoms with Crippen molar-refractivity contribution in [2.24, 2.45) is 0 Å². The molecule has 0 amide bonds. The van der Waals surface area contributed by atoms with Crippen LogP contribution in [0.3, 0.4) is 0 Å². The first-order valence-electron chi connectivity index (χ1n) is 11.0. The molecule has 177 valence electrons. The zero-order valence-electron chi connectivity index (χ0n) is 21.7. The fraction of sp³-hybridized carbons (Fsp3) is 1.00. The normalized spacial score (nSPS) is 17.0. The zero-order chi connectivity index (χ0) is 22.5. The molecule has 0 aromatic carbocycles. The average molecular weight is 617 g/mol. The molecular weight excluding hydrogens is 565 g/mol. The number of nitrogens with zero attached hydrogens (tertiary/aromatic N) is 2. The summed E-state index contributed by atoms with van der Waals surface area (Å²) in [7, 11) is -4.42. The summed E-state index contributed by atoms with van der Waals surface area (Å²) in [6.07, 6.45) is 5.11. The Morgan fingerprint density at radius 3 is 0.621 bits per heavy atom. The van der Waals surface area contributed by atoms with E-state index in [4.69, 9.17) is 18.8 Å². The van der Waals surface area contributed by atoms with Gasteiger partial charge in [0.2, 0.25) is 0 Å². The van der Waals surface area contributed by atoms with E-state index in [1.807, 2.05) is 0 Å². The van der Waals surface area contributed by atoms with Crippen LogP contribution in [0.1, 0.15) is 25.7 Å². The summed E-state index contributed by atoms with van der Waals surface area (Å²) in [5.74, 6) is 0. The van der Waals surface area contributed by atoms with Crippen molar-refractivity contribution >= 4 is 32.9 Å². The SMILES string of the molecule is C1CCOC1.C1CCOC1.C[Si](C)(C)[N-][Si](C)(C)C.C[Si](C)(C)[N-][Si](C)(C)C.[Eu+2]. The van der Waals surface area contributed by atoms with Crippen molar-refractivity contribution < 1.29 is 58.9 Å². The van der Waals surface area contributed by atoms with Gasteiger partial charge in [-0.1, -0.05) is 112 Å². The summed E-state index contributed by atoms with van der Waals surface area (Å²) in [5, 5.41) is 0. The van der Waals surface area contributed by atoms with Crippen LogP contribution in [0.25, 0.3) is 9.30 Å². The molecule has 1 radical (unpaired) electrons. The van der Waals surface area contributed by atoms with Gasteiger partial charge >= 0.3 is 49.4 Å². The van der Waals surface area contributed by atoms with Crippen molar-refractivity contribution in [3.05, 3.63) is 9.30 Å². The van der Waals surface area contributed by atoms with Crippen molar-refractivity contribution in [3.63, 3.8) is 0 Å². The Kier molecular flexibility index (Phi) is 21.9. The molecule has 29 heavy (non-hydrogen) atoms. The van der Waals surface area contributed by atoms with Crippen LogP contribution < -0.4 is 0 Å². The standard InChI is InChI=1S/2C6H18NSi2.2C4H8O.Eu/c2*1-8(2,3)7-9(4,5)6;2*1-2-4-5-3-1;/h2*1-6H3;2*1-4H2;/q2*-1;;;+2. The number of hydrogen-bond acceptors (Lipinski definition) is 2. The molecule has 9 heteroatoms. The van der Waals surface area contributed by atoms with Gasteiger partial charge in [-0.15, -0.1) is 0 Å². The second kappa shape index (κ2) is 17.7. The van der Waals surface area contributed by atoms with Gasteiger partial charge < -0.3 is 18.8 Å². The third-order valence-corrected chi connectivity index (χ3v) is 13.7. The maximum Gasteiger partial charge on any atom is 2.00 e. The molecule has 4 nitrogen and oxygen atoms in total. The fourth-order valence-corrected chi connectivity index (χ4v) is 19.1. The van der Waals surface area contributed by atoms with Crippen LogP contribution in [0.5, 0.6) is 0 Å². The molecule has 0 aliphatic carbocycles. The van der Waals surface area contributed by atoms with Gasteiger partial charge in [0.25, 0.3) is 0 Å². The van der Waals surface area contributed by atoms with Crippen molar-refractivity contribution in [2.75, 3.05) is 26.4 Å². The van der Waals surface area contributed by atoms with E-state index in [0.29, 0.717) is 0 Å². The van der Waals surface area contributed by atoms with Crippen molar-refractivity contribution in [2.45, 2.75) is 104 Å². The first kappa shape index (κ1) is 35.9. The van der Waals surface area contributed by atoms with Crippen LogP contribution in [-0.4, -0.2) is 59.4 Å². The predicted molar refractivity (Wildman–Crippen MR) is 140 cm³/mol. The average Bonchev–Trinajstić information content (AvgIpc) is 3.11. The molecule has 2 fully saturated rings. The summed E-state index contributed by atoms with van der Waals surface area (Å²) in [6, 6.07) is 0. The molecule has 0 unspecified atom stereocenters. The van der Waals surface area contributed by atoms with E-state index < -0.39 is 32.9 Å². The van der Waals surface area contributed by atoms with Gasteiger partial charge in [-0.25, -0.2) is 0 Å². The molecule has 2 heterocycles. The van der Waals surface area contributed by atoms with Crippen LogP contribution in [0.2, 0.25) is 78.6 Å². The summed E-state index contributed by atoms with van der Waals surface area (Å²) in [4.78, 5) is 0. The number of rotatable bonds is 4. The molecule has 0 N–H and O–H groups in total. The van der Waals surface area contributed by atoms with Crippen LogP contribution >= 0.6 is 0 Å². The number of hydrogen-bond donors (Lipinski definition) is 0. The monoisotopic (exact) mass is 617 g/mol. The molecular formula is C20H52EuN2O2Si4. The van der Waals surface area contributed by atoms with E-state index in [0.717, 1.165) is 26.4 Å². The van der Waals surface area contributed by atoms with Gasteiger partial charge in [0.1, 0.15) is 0 Å². The molecule has 2 rings (SSSR count). The summed E-state index contributed by atoms with van der Waals surface area (Å²) in [6.45, 7) is 31.6. The summed E-state index contributed by atoms with van der Waals surface area (Å²) >= 11 is 0. The van der Waals surface area contributed by atoms with E-state index in [1.165, 1.54) is 25.7 Å². The van der Waals surface area contributed by atoms with Crippen molar-refractivity contribution in [3.8, 4) is 0 Å². The number of ether oxygens (including phenoxy) is 2. The molecule has 2 saturated heterocycles. The zero-order valence-corrected chi connectivity index (χ0v) is 28.2. The second-order valence-electron chi connectivity index (χ2n) is 11.5. The van der Waals surface area contributed by atoms with E-state index >= 15 is 0 Å². The molecule has 0 saturated carbocycles. The van der Waals surface area contributed by atoms with Gasteiger partial charge in [0, 0.05) is 26.4 Å². The molecule has 0 aromatic rings. The summed E-state index contributed by atoms with van der Waals surface area (Å²) in [5.41, 5.74) is 0. The van der Waals surface area contributed by atoms with Gasteiger partial charge in [0.15, 0.2) is 0 Å². The van der Waals surface area contributed by atoms with E-state index in [9.17, 15) is 0 Å². The Bertz CT molecular complexity index is 293. The molecule has 0 bridgehead atoms. The topological polar surface area (TPSA) is 46.7 Å². The van der Waals surface area contributed by atoms with E-state index in [2.05, 4.69) is 78.6 Å². The second-order valence-corrected chi connectivity index (χ2v) is 30.7. The first-order valence-corrected chi connectivity index (χ1v) is 24.8. The Morgan fingerprint density at radius 1 is 0.414 bits per heavy atom.